The lowest BCUT2D eigenvalue weighted by Gasteiger charge is -2.26. The van der Waals surface area contributed by atoms with Crippen LogP contribution in [0.1, 0.15) is 62.6 Å². The first-order valence-electron chi connectivity index (χ1n) is 12.8. The summed E-state index contributed by atoms with van der Waals surface area (Å²) in [7, 11) is 0. The molecular formula is C30H29Br4NS2. The smallest absolute Gasteiger partial charge is 0.0376 e. The zero-order valence-electron chi connectivity index (χ0n) is 20.6. The number of rotatable bonds is 9. The van der Waals surface area contributed by atoms with Crippen LogP contribution in [-0.4, -0.2) is 5.25 Å². The van der Waals surface area contributed by atoms with Gasteiger partial charge >= 0.3 is 0 Å². The van der Waals surface area contributed by atoms with Crippen LogP contribution in [0.15, 0.2) is 71.2 Å². The zero-order valence-corrected chi connectivity index (χ0v) is 28.6. The fourth-order valence-corrected chi connectivity index (χ4v) is 10.1. The topological polar surface area (TPSA) is 26.0 Å². The highest BCUT2D eigenvalue weighted by Gasteiger charge is 2.29. The van der Waals surface area contributed by atoms with E-state index in [2.05, 4.69) is 124 Å². The van der Waals surface area contributed by atoms with E-state index in [4.69, 9.17) is 5.73 Å². The number of nitrogens with two attached hydrogens (primary N) is 1. The van der Waals surface area contributed by atoms with Crippen LogP contribution in [0.25, 0.3) is 26.8 Å². The van der Waals surface area contributed by atoms with Crippen LogP contribution in [0, 0.1) is 5.92 Å². The van der Waals surface area contributed by atoms with E-state index in [1.807, 2.05) is 11.8 Å². The van der Waals surface area contributed by atoms with Gasteiger partial charge in [-0.25, -0.2) is 0 Å². The predicted octanol–water partition coefficient (Wildman–Crippen LogP) is 12.1. The van der Waals surface area contributed by atoms with Crippen molar-refractivity contribution in [3.63, 3.8) is 0 Å². The van der Waals surface area contributed by atoms with E-state index in [1.54, 1.807) is 11.3 Å². The molecule has 0 amide bonds. The summed E-state index contributed by atoms with van der Waals surface area (Å²) in [5.74, 6) is 0.442. The molecule has 0 bridgehead atoms. The fourth-order valence-electron chi connectivity index (χ4n) is 5.12. The summed E-state index contributed by atoms with van der Waals surface area (Å²) in [4.78, 5) is 0. The number of thioether (sulfide) groups is 1. The second-order valence-electron chi connectivity index (χ2n) is 9.71. The number of hydrogen-bond acceptors (Lipinski definition) is 3. The van der Waals surface area contributed by atoms with Gasteiger partial charge in [0.15, 0.2) is 0 Å². The van der Waals surface area contributed by atoms with Crippen LogP contribution >= 0.6 is 86.8 Å². The molecule has 5 rings (SSSR count). The van der Waals surface area contributed by atoms with Gasteiger partial charge in [-0.3, -0.25) is 0 Å². The first kappa shape index (κ1) is 28.4. The van der Waals surface area contributed by atoms with Crippen LogP contribution in [0.3, 0.4) is 0 Å². The molecule has 1 aliphatic carbocycles. The highest BCUT2D eigenvalue weighted by Crippen LogP contribution is 2.49. The molecular weight excluding hydrogens is 758 g/mol. The number of hydrogen-bond donors (Lipinski definition) is 1. The molecule has 2 heterocycles. The predicted molar refractivity (Wildman–Crippen MR) is 180 cm³/mol. The SMILES string of the molecule is CCCCCCCC(N)c1c(Br)c(C2=CC3SC=CC3C=C2Br)cc(-c2cc3sccc3cc2Br)c1Br. The van der Waals surface area contributed by atoms with Crippen molar-refractivity contribution in [3.8, 4) is 11.1 Å². The number of thiophene rings is 1. The van der Waals surface area contributed by atoms with Crippen LogP contribution in [0.2, 0.25) is 0 Å². The molecule has 0 radical (unpaired) electrons. The maximum Gasteiger partial charge on any atom is 0.0376 e. The lowest BCUT2D eigenvalue weighted by Crippen LogP contribution is -2.15. The van der Waals surface area contributed by atoms with Crippen molar-refractivity contribution in [1.82, 2.24) is 0 Å². The zero-order chi connectivity index (χ0) is 26.1. The highest BCUT2D eigenvalue weighted by atomic mass is 79.9. The quantitative estimate of drug-likeness (QED) is 0.219. The lowest BCUT2D eigenvalue weighted by atomic mass is 9.88. The molecule has 7 heteroatoms. The van der Waals surface area contributed by atoms with Crippen molar-refractivity contribution in [2.45, 2.75) is 56.7 Å². The summed E-state index contributed by atoms with van der Waals surface area (Å²) in [5, 5.41) is 6.07. The molecule has 0 spiro atoms. The Hall–Kier alpha value is -0.150. The standard InChI is InChI=1S/C30H29Br4NS2/c1-2-3-4-5-6-7-25(35)28-29(33)21(19-15-26-17(8-10-36-26)12-23(19)31)14-22(30(28)34)20-16-27-18(9-11-37-27)13-24(20)32/h8-17,25-26H,2-7,35H2,1H3. The van der Waals surface area contributed by atoms with Gasteiger partial charge in [0, 0.05) is 39.8 Å². The van der Waals surface area contributed by atoms with E-state index in [0.717, 1.165) is 41.9 Å². The molecule has 2 aromatic carbocycles. The minimum absolute atomic E-state index is 0.0597. The van der Waals surface area contributed by atoms with Gasteiger partial charge in [0.2, 0.25) is 0 Å². The lowest BCUT2D eigenvalue weighted by molar-refractivity contribution is 0.553. The Kier molecular flexibility index (Phi) is 9.64. The fraction of sp³-hybridized carbons (Fsp3) is 0.333. The van der Waals surface area contributed by atoms with Crippen molar-refractivity contribution in [2.24, 2.45) is 11.7 Å². The van der Waals surface area contributed by atoms with E-state index >= 15 is 0 Å². The summed E-state index contributed by atoms with van der Waals surface area (Å²) in [6, 6.07) is 8.96. The van der Waals surface area contributed by atoms with Gasteiger partial charge in [-0.1, -0.05) is 89.1 Å². The Morgan fingerprint density at radius 3 is 2.51 bits per heavy atom. The Morgan fingerprint density at radius 1 is 0.919 bits per heavy atom. The van der Waals surface area contributed by atoms with Crippen molar-refractivity contribution >= 4 is 102 Å². The van der Waals surface area contributed by atoms with Crippen molar-refractivity contribution in [3.05, 3.63) is 82.3 Å². The molecule has 2 N–H and O–H groups in total. The maximum atomic E-state index is 6.96. The normalized spacial score (nSPS) is 19.7. The summed E-state index contributed by atoms with van der Waals surface area (Å²) in [6.07, 6.45) is 14.2. The molecule has 1 aliphatic heterocycles. The van der Waals surface area contributed by atoms with E-state index < -0.39 is 0 Å². The molecule has 37 heavy (non-hydrogen) atoms. The number of allylic oxidation sites excluding steroid dienone is 4. The third-order valence-electron chi connectivity index (χ3n) is 7.19. The molecule has 0 fully saturated rings. The summed E-state index contributed by atoms with van der Waals surface area (Å²) < 4.78 is 5.68. The maximum absolute atomic E-state index is 6.96. The third-order valence-corrected chi connectivity index (χ3v) is 12.2. The van der Waals surface area contributed by atoms with Gasteiger partial charge in [0.1, 0.15) is 0 Å². The van der Waals surface area contributed by atoms with Crippen LogP contribution in [0.4, 0.5) is 0 Å². The minimum Gasteiger partial charge on any atom is -0.324 e. The number of halogens is 4. The van der Waals surface area contributed by atoms with Crippen molar-refractivity contribution in [2.75, 3.05) is 0 Å². The van der Waals surface area contributed by atoms with Crippen molar-refractivity contribution < 1.29 is 0 Å². The Labute approximate surface area is 262 Å². The number of fused-ring (bicyclic) bond motifs is 2. The average Bonchev–Trinajstić information content (AvgIpc) is 3.52. The Bertz CT molecular complexity index is 1400. The molecule has 3 unspecified atom stereocenters. The Balaban J connectivity index is 1.62. The van der Waals surface area contributed by atoms with E-state index in [9.17, 15) is 0 Å². The van der Waals surface area contributed by atoms with Crippen LogP contribution in [0.5, 0.6) is 0 Å². The first-order chi connectivity index (χ1) is 17.9. The largest absolute Gasteiger partial charge is 0.324 e. The van der Waals surface area contributed by atoms with Gasteiger partial charge in [0.05, 0.1) is 0 Å². The highest BCUT2D eigenvalue weighted by molar-refractivity contribution is 9.12. The molecule has 3 aromatic rings. The van der Waals surface area contributed by atoms with E-state index in [1.165, 1.54) is 52.5 Å². The van der Waals surface area contributed by atoms with E-state index in [-0.39, 0.29) is 6.04 Å². The minimum atomic E-state index is -0.0597. The van der Waals surface area contributed by atoms with Gasteiger partial charge in [0.25, 0.3) is 0 Å². The molecule has 194 valence electrons. The molecule has 3 atom stereocenters. The molecule has 0 saturated carbocycles. The van der Waals surface area contributed by atoms with E-state index in [0.29, 0.717) is 11.2 Å². The molecule has 2 aliphatic rings. The molecule has 0 saturated heterocycles. The number of benzene rings is 2. The Morgan fingerprint density at radius 2 is 1.70 bits per heavy atom. The molecule has 1 nitrogen and oxygen atoms in total. The summed E-state index contributed by atoms with van der Waals surface area (Å²) in [6.45, 7) is 2.26. The second kappa shape index (κ2) is 12.6. The van der Waals surface area contributed by atoms with Gasteiger partial charge in [-0.05, 0) is 107 Å². The number of unbranched alkanes of at least 4 members (excludes halogenated alkanes) is 4. The van der Waals surface area contributed by atoms with Gasteiger partial charge in [-0.15, -0.1) is 23.1 Å². The monoisotopic (exact) mass is 783 g/mol. The summed E-state index contributed by atoms with van der Waals surface area (Å²) >= 11 is 19.5. The van der Waals surface area contributed by atoms with Gasteiger partial charge < -0.3 is 5.73 Å². The third kappa shape index (κ3) is 5.98. The van der Waals surface area contributed by atoms with Crippen molar-refractivity contribution in [1.29, 1.82) is 0 Å². The summed E-state index contributed by atoms with van der Waals surface area (Å²) in [5.41, 5.74) is 12.9. The average molecular weight is 787 g/mol. The molecule has 1 aromatic heterocycles. The second-order valence-corrected chi connectivity index (χ2v) is 15.0. The van der Waals surface area contributed by atoms with Crippen LogP contribution in [-0.2, 0) is 0 Å². The first-order valence-corrected chi connectivity index (χ1v) is 17.7. The van der Waals surface area contributed by atoms with Crippen LogP contribution < -0.4 is 5.73 Å². The van der Waals surface area contributed by atoms with Gasteiger partial charge in [-0.2, -0.15) is 0 Å².